The van der Waals surface area contributed by atoms with Gasteiger partial charge in [-0.05, 0) is 37.5 Å². The van der Waals surface area contributed by atoms with Crippen LogP contribution in [0.3, 0.4) is 0 Å². The molecule has 3 fully saturated rings. The summed E-state index contributed by atoms with van der Waals surface area (Å²) in [4.78, 5) is 49.4. The summed E-state index contributed by atoms with van der Waals surface area (Å²) in [5.41, 5.74) is 0.158. The second-order valence-corrected chi connectivity index (χ2v) is 9.92. The Balaban J connectivity index is 1.15. The molecule has 188 valence electrons. The topological polar surface area (TPSA) is 137 Å². The molecule has 1 aliphatic heterocycles. The number of hydrogen-bond acceptors (Lipinski definition) is 7. The van der Waals surface area contributed by atoms with Crippen molar-refractivity contribution >= 4 is 28.5 Å². The molecular weight excluding hydrogens is 469 g/mol. The van der Waals surface area contributed by atoms with Crippen LogP contribution in [0.1, 0.15) is 36.0 Å². The van der Waals surface area contributed by atoms with Crippen LogP contribution in [0.2, 0.25) is 0 Å². The van der Waals surface area contributed by atoms with Gasteiger partial charge in [-0.2, -0.15) is 0 Å². The molecule has 11 nitrogen and oxygen atoms in total. The van der Waals surface area contributed by atoms with Crippen molar-refractivity contribution < 1.29 is 23.9 Å². The molecule has 1 saturated heterocycles. The summed E-state index contributed by atoms with van der Waals surface area (Å²) in [6.07, 6.45) is 8.22. The molecule has 2 aliphatic carbocycles. The minimum atomic E-state index is -0.825. The van der Waals surface area contributed by atoms with Gasteiger partial charge in [-0.15, -0.1) is 5.10 Å². The third-order valence-corrected chi connectivity index (χ3v) is 8.03. The highest BCUT2D eigenvalue weighted by atomic mass is 19.1. The van der Waals surface area contributed by atoms with E-state index in [4.69, 9.17) is 0 Å². The Morgan fingerprint density at radius 3 is 2.56 bits per heavy atom. The fourth-order valence-electron chi connectivity index (χ4n) is 6.12. The van der Waals surface area contributed by atoms with Crippen molar-refractivity contribution in [2.24, 2.45) is 17.8 Å². The van der Waals surface area contributed by atoms with E-state index in [-0.39, 0.29) is 59.2 Å². The standard InChI is InChI=1S/C24H26FN7O4/c25-17-12-27-22(32-4-3-28-29-32)20-19(17)16(11-26-20)21(34)24(36)31-7-5-30(6-8-31)23(35)15-10-14-9-13(15)1-2-18(14)33/h3-4,11-15,18,26,33H,1-2,5-10H2/t13-,14+,15?,18?/m0/s1. The molecule has 0 aromatic carbocycles. The quantitative estimate of drug-likeness (QED) is 0.406. The molecule has 2 N–H and O–H groups in total. The second-order valence-electron chi connectivity index (χ2n) is 9.92. The molecular formula is C24H26FN7O4. The van der Waals surface area contributed by atoms with Crippen LogP contribution in [0.25, 0.3) is 16.7 Å². The van der Waals surface area contributed by atoms with Crippen LogP contribution in [0.15, 0.2) is 24.8 Å². The summed E-state index contributed by atoms with van der Waals surface area (Å²) in [6.45, 7) is 1.15. The van der Waals surface area contributed by atoms with E-state index in [0.29, 0.717) is 19.0 Å². The Bertz CT molecular complexity index is 1330. The van der Waals surface area contributed by atoms with Gasteiger partial charge in [-0.3, -0.25) is 14.4 Å². The monoisotopic (exact) mass is 495 g/mol. The maximum atomic E-state index is 14.7. The number of aromatic amines is 1. The molecule has 2 amide bonds. The number of aromatic nitrogens is 5. The molecule has 4 atom stereocenters. The van der Waals surface area contributed by atoms with Crippen molar-refractivity contribution in [1.29, 1.82) is 0 Å². The van der Waals surface area contributed by atoms with Gasteiger partial charge in [-0.25, -0.2) is 14.1 Å². The molecule has 0 spiro atoms. The van der Waals surface area contributed by atoms with Crippen molar-refractivity contribution in [1.82, 2.24) is 34.8 Å². The Hall–Kier alpha value is -3.67. The predicted octanol–water partition coefficient (Wildman–Crippen LogP) is 0.933. The lowest BCUT2D eigenvalue weighted by Gasteiger charge is -2.36. The third kappa shape index (κ3) is 3.67. The number of amides is 2. The number of hydrogen-bond donors (Lipinski definition) is 2. The van der Waals surface area contributed by atoms with Crippen molar-refractivity contribution in [2.75, 3.05) is 26.2 Å². The van der Waals surface area contributed by atoms with Gasteiger partial charge >= 0.3 is 0 Å². The molecule has 2 saturated carbocycles. The third-order valence-electron chi connectivity index (χ3n) is 8.03. The van der Waals surface area contributed by atoms with Gasteiger partial charge in [0, 0.05) is 38.3 Å². The first-order chi connectivity index (χ1) is 17.4. The zero-order valence-corrected chi connectivity index (χ0v) is 19.5. The maximum absolute atomic E-state index is 14.7. The van der Waals surface area contributed by atoms with Crippen molar-refractivity contribution in [3.8, 4) is 5.82 Å². The predicted molar refractivity (Wildman–Crippen MR) is 123 cm³/mol. The Morgan fingerprint density at radius 1 is 1.06 bits per heavy atom. The van der Waals surface area contributed by atoms with Gasteiger partial charge in [0.05, 0.1) is 41.2 Å². The molecule has 36 heavy (non-hydrogen) atoms. The number of H-pyrrole nitrogens is 1. The number of ketones is 1. The number of piperazine rings is 1. The Kier molecular flexibility index (Phi) is 5.55. The van der Waals surface area contributed by atoms with Crippen LogP contribution in [-0.4, -0.2) is 89.7 Å². The number of rotatable bonds is 4. The maximum Gasteiger partial charge on any atom is 0.295 e. The highest BCUT2D eigenvalue weighted by Crippen LogP contribution is 2.46. The zero-order chi connectivity index (χ0) is 25.0. The van der Waals surface area contributed by atoms with E-state index in [1.807, 2.05) is 0 Å². The van der Waals surface area contributed by atoms with Gasteiger partial charge in [0.15, 0.2) is 11.6 Å². The van der Waals surface area contributed by atoms with Crippen LogP contribution < -0.4 is 0 Å². The summed E-state index contributed by atoms with van der Waals surface area (Å²) in [7, 11) is 0. The van der Waals surface area contributed by atoms with E-state index < -0.39 is 17.5 Å². The van der Waals surface area contributed by atoms with Crippen LogP contribution in [0, 0.1) is 23.6 Å². The average Bonchev–Trinajstić information content (AvgIpc) is 3.65. The largest absolute Gasteiger partial charge is 0.393 e. The summed E-state index contributed by atoms with van der Waals surface area (Å²) >= 11 is 0. The number of aliphatic hydroxyl groups is 1. The summed E-state index contributed by atoms with van der Waals surface area (Å²) < 4.78 is 16.0. The number of Topliss-reactive ketones (excluding diaryl/α,β-unsaturated/α-hetero) is 1. The highest BCUT2D eigenvalue weighted by Gasteiger charge is 2.46. The molecule has 3 aromatic rings. The van der Waals surface area contributed by atoms with Crippen molar-refractivity contribution in [2.45, 2.75) is 31.8 Å². The fourth-order valence-corrected chi connectivity index (χ4v) is 6.12. The molecule has 6 rings (SSSR count). The first kappa shape index (κ1) is 22.8. The number of pyridine rings is 1. The number of fused-ring (bicyclic) bond motifs is 3. The lowest BCUT2D eigenvalue weighted by molar-refractivity contribution is -0.141. The number of carbonyl (C=O) groups is 3. The number of aliphatic hydroxyl groups excluding tert-OH is 1. The SMILES string of the molecule is O=C(C(=O)N1CCN(C(=O)C2C[C@H]3C[C@@H]2CCC3O)CC1)c1c[nH]c2c(-n3ccnn3)ncc(F)c12. The van der Waals surface area contributed by atoms with Crippen LogP contribution in [0.4, 0.5) is 4.39 Å². The normalized spacial score (nSPS) is 25.9. The first-order valence-electron chi connectivity index (χ1n) is 12.2. The number of nitrogens with one attached hydrogen (secondary N) is 1. The lowest BCUT2D eigenvalue weighted by atomic mass is 9.85. The number of carbonyl (C=O) groups excluding carboxylic acids is 3. The van der Waals surface area contributed by atoms with Crippen molar-refractivity contribution in [3.05, 3.63) is 36.2 Å². The average molecular weight is 496 g/mol. The van der Waals surface area contributed by atoms with Gasteiger partial charge in [0.1, 0.15) is 0 Å². The second kappa shape index (κ2) is 8.77. The Labute approximate surface area is 205 Å². The summed E-state index contributed by atoms with van der Waals surface area (Å²) in [5.74, 6) is -1.49. The minimum absolute atomic E-state index is 0.0304. The van der Waals surface area contributed by atoms with Gasteiger partial charge in [0.2, 0.25) is 5.91 Å². The fraction of sp³-hybridized carbons (Fsp3) is 0.500. The Morgan fingerprint density at radius 2 is 1.83 bits per heavy atom. The first-order valence-corrected chi connectivity index (χ1v) is 12.2. The van der Waals surface area contributed by atoms with E-state index in [9.17, 15) is 23.9 Å². The van der Waals surface area contributed by atoms with E-state index >= 15 is 0 Å². The van der Waals surface area contributed by atoms with E-state index in [2.05, 4.69) is 20.3 Å². The highest BCUT2D eigenvalue weighted by molar-refractivity contribution is 6.45. The summed E-state index contributed by atoms with van der Waals surface area (Å²) in [5, 5.41) is 17.7. The molecule has 3 aromatic heterocycles. The van der Waals surface area contributed by atoms with Crippen LogP contribution >= 0.6 is 0 Å². The molecule has 4 heterocycles. The molecule has 3 aliphatic rings. The molecule has 0 radical (unpaired) electrons. The summed E-state index contributed by atoms with van der Waals surface area (Å²) in [6, 6.07) is 0. The molecule has 2 bridgehead atoms. The van der Waals surface area contributed by atoms with Gasteiger partial charge < -0.3 is 19.9 Å². The number of halogens is 1. The molecule has 12 heteroatoms. The zero-order valence-electron chi connectivity index (χ0n) is 19.5. The number of nitrogens with zero attached hydrogens (tertiary/aromatic N) is 6. The van der Waals surface area contributed by atoms with E-state index in [0.717, 1.165) is 31.9 Å². The smallest absolute Gasteiger partial charge is 0.295 e. The van der Waals surface area contributed by atoms with Crippen molar-refractivity contribution in [3.63, 3.8) is 0 Å². The lowest BCUT2D eigenvalue weighted by Crippen LogP contribution is -2.53. The minimum Gasteiger partial charge on any atom is -0.393 e. The van der Waals surface area contributed by atoms with Gasteiger partial charge in [0.25, 0.3) is 11.7 Å². The van der Waals surface area contributed by atoms with Crippen LogP contribution in [-0.2, 0) is 9.59 Å². The van der Waals surface area contributed by atoms with E-state index in [1.54, 1.807) is 4.90 Å². The van der Waals surface area contributed by atoms with Gasteiger partial charge in [-0.1, -0.05) is 5.21 Å². The van der Waals surface area contributed by atoms with E-state index in [1.165, 1.54) is 28.2 Å². The molecule has 2 unspecified atom stereocenters. The van der Waals surface area contributed by atoms with Crippen LogP contribution in [0.5, 0.6) is 0 Å².